The first-order valence-electron chi connectivity index (χ1n) is 7.78. The summed E-state index contributed by atoms with van der Waals surface area (Å²) in [5.74, 6) is 1.71. The average Bonchev–Trinajstić information content (AvgIpc) is 2.48. The highest BCUT2D eigenvalue weighted by molar-refractivity contribution is 5.85. The molecule has 1 aliphatic carbocycles. The van der Waals surface area contributed by atoms with E-state index in [0.717, 1.165) is 23.7 Å². The van der Waals surface area contributed by atoms with Gasteiger partial charge < -0.3 is 11.1 Å². The highest BCUT2D eigenvalue weighted by atomic mass is 35.5. The molecule has 1 amide bonds. The zero-order valence-electron chi connectivity index (χ0n) is 12.8. The Bertz CT molecular complexity index is 425. The molecule has 3 nitrogen and oxygen atoms in total. The van der Waals surface area contributed by atoms with Crippen LogP contribution in [0.1, 0.15) is 44.6 Å². The van der Waals surface area contributed by atoms with E-state index < -0.39 is 0 Å². The Balaban J connectivity index is 0.00000220. The Morgan fingerprint density at radius 2 is 1.71 bits per heavy atom. The van der Waals surface area contributed by atoms with Gasteiger partial charge in [0.1, 0.15) is 0 Å². The molecule has 0 saturated heterocycles. The fourth-order valence-corrected chi connectivity index (χ4v) is 2.99. The van der Waals surface area contributed by atoms with Crippen LogP contribution in [0.2, 0.25) is 0 Å². The number of nitrogens with two attached hydrogens (primary N) is 1. The predicted octanol–water partition coefficient (Wildman–Crippen LogP) is 3.57. The van der Waals surface area contributed by atoms with E-state index in [1.165, 1.54) is 32.1 Å². The number of amides is 1. The summed E-state index contributed by atoms with van der Waals surface area (Å²) < 4.78 is 0. The summed E-state index contributed by atoms with van der Waals surface area (Å²) in [5.41, 5.74) is 7.39. The molecule has 1 aliphatic rings. The van der Waals surface area contributed by atoms with Gasteiger partial charge in [0.25, 0.3) is 0 Å². The van der Waals surface area contributed by atoms with Crippen molar-refractivity contribution in [3.05, 3.63) is 29.8 Å². The van der Waals surface area contributed by atoms with E-state index in [1.807, 2.05) is 24.3 Å². The standard InChI is InChI=1S/C17H26N2O.ClH/c1-2-13-3-5-15(6-4-13)12-19-17(20)11-14-7-9-16(18)10-8-14;/h7-10,13,15H,2-6,11-12,18H2,1H3,(H,19,20);1H. The number of halogens is 1. The van der Waals surface area contributed by atoms with Gasteiger partial charge in [0.2, 0.25) is 5.91 Å². The van der Waals surface area contributed by atoms with Crippen LogP contribution in [0.5, 0.6) is 0 Å². The molecular formula is C17H27ClN2O. The van der Waals surface area contributed by atoms with E-state index in [4.69, 9.17) is 5.73 Å². The van der Waals surface area contributed by atoms with Crippen molar-refractivity contribution in [2.45, 2.75) is 45.4 Å². The Morgan fingerprint density at radius 1 is 1.14 bits per heavy atom. The molecule has 0 unspecified atom stereocenters. The van der Waals surface area contributed by atoms with Crippen molar-refractivity contribution in [1.29, 1.82) is 0 Å². The molecule has 2 rings (SSSR count). The number of benzene rings is 1. The fourth-order valence-electron chi connectivity index (χ4n) is 2.99. The zero-order valence-corrected chi connectivity index (χ0v) is 13.6. The molecule has 118 valence electrons. The van der Waals surface area contributed by atoms with E-state index >= 15 is 0 Å². The number of rotatable bonds is 5. The first kappa shape index (κ1) is 17.8. The van der Waals surface area contributed by atoms with Crippen LogP contribution in [-0.4, -0.2) is 12.5 Å². The molecule has 0 atom stereocenters. The van der Waals surface area contributed by atoms with Crippen molar-refractivity contribution in [2.24, 2.45) is 11.8 Å². The zero-order chi connectivity index (χ0) is 14.4. The van der Waals surface area contributed by atoms with Crippen LogP contribution in [0.25, 0.3) is 0 Å². The van der Waals surface area contributed by atoms with Crippen molar-refractivity contribution in [3.8, 4) is 0 Å². The van der Waals surface area contributed by atoms with Gasteiger partial charge in [-0.1, -0.05) is 38.3 Å². The monoisotopic (exact) mass is 310 g/mol. The van der Waals surface area contributed by atoms with Crippen LogP contribution < -0.4 is 11.1 Å². The number of hydrogen-bond donors (Lipinski definition) is 2. The molecule has 4 heteroatoms. The number of carbonyl (C=O) groups excluding carboxylic acids is 1. The molecule has 0 aromatic heterocycles. The lowest BCUT2D eigenvalue weighted by atomic mass is 9.81. The van der Waals surface area contributed by atoms with Gasteiger partial charge >= 0.3 is 0 Å². The topological polar surface area (TPSA) is 55.1 Å². The quantitative estimate of drug-likeness (QED) is 0.817. The molecule has 0 spiro atoms. The second-order valence-electron chi connectivity index (χ2n) is 6.02. The smallest absolute Gasteiger partial charge is 0.224 e. The van der Waals surface area contributed by atoms with Crippen LogP contribution in [0.3, 0.4) is 0 Å². The van der Waals surface area contributed by atoms with Gasteiger partial charge in [0, 0.05) is 12.2 Å². The van der Waals surface area contributed by atoms with Gasteiger partial charge in [-0.25, -0.2) is 0 Å². The fraction of sp³-hybridized carbons (Fsp3) is 0.588. The molecule has 1 aromatic carbocycles. The van der Waals surface area contributed by atoms with Crippen molar-refractivity contribution < 1.29 is 4.79 Å². The van der Waals surface area contributed by atoms with Crippen molar-refractivity contribution in [1.82, 2.24) is 5.32 Å². The van der Waals surface area contributed by atoms with Crippen LogP contribution >= 0.6 is 12.4 Å². The Hall–Kier alpha value is -1.22. The van der Waals surface area contributed by atoms with Crippen molar-refractivity contribution in [3.63, 3.8) is 0 Å². The minimum atomic E-state index is 0. The summed E-state index contributed by atoms with van der Waals surface area (Å²) in [4.78, 5) is 11.9. The molecule has 1 saturated carbocycles. The summed E-state index contributed by atoms with van der Waals surface area (Å²) in [7, 11) is 0. The molecule has 3 N–H and O–H groups in total. The number of nitrogens with one attached hydrogen (secondary N) is 1. The molecule has 1 aromatic rings. The lowest BCUT2D eigenvalue weighted by Gasteiger charge is -2.27. The third-order valence-electron chi connectivity index (χ3n) is 4.48. The van der Waals surface area contributed by atoms with E-state index in [1.54, 1.807) is 0 Å². The SMILES string of the molecule is CCC1CCC(CNC(=O)Cc2ccc(N)cc2)CC1.Cl. The Labute approximate surface area is 134 Å². The number of anilines is 1. The van der Waals surface area contributed by atoms with E-state index in [9.17, 15) is 4.79 Å². The lowest BCUT2D eigenvalue weighted by Crippen LogP contribution is -2.32. The second-order valence-corrected chi connectivity index (χ2v) is 6.02. The first-order valence-corrected chi connectivity index (χ1v) is 7.78. The summed E-state index contributed by atoms with van der Waals surface area (Å²) in [6.45, 7) is 3.11. The highest BCUT2D eigenvalue weighted by Gasteiger charge is 2.20. The van der Waals surface area contributed by atoms with Gasteiger partial charge in [-0.05, 0) is 42.4 Å². The molecule has 21 heavy (non-hydrogen) atoms. The summed E-state index contributed by atoms with van der Waals surface area (Å²) in [5, 5.41) is 3.08. The number of nitrogen functional groups attached to an aromatic ring is 1. The highest BCUT2D eigenvalue weighted by Crippen LogP contribution is 2.30. The van der Waals surface area contributed by atoms with E-state index in [2.05, 4.69) is 12.2 Å². The normalized spacial score (nSPS) is 21.4. The lowest BCUT2D eigenvalue weighted by molar-refractivity contribution is -0.120. The minimum Gasteiger partial charge on any atom is -0.399 e. The number of carbonyl (C=O) groups is 1. The largest absolute Gasteiger partial charge is 0.399 e. The van der Waals surface area contributed by atoms with E-state index in [0.29, 0.717) is 12.3 Å². The van der Waals surface area contributed by atoms with Gasteiger partial charge in [-0.3, -0.25) is 4.79 Å². The van der Waals surface area contributed by atoms with Crippen molar-refractivity contribution in [2.75, 3.05) is 12.3 Å². The molecule has 1 fully saturated rings. The van der Waals surface area contributed by atoms with Crippen LogP contribution in [-0.2, 0) is 11.2 Å². The van der Waals surface area contributed by atoms with Gasteiger partial charge in [-0.2, -0.15) is 0 Å². The third-order valence-corrected chi connectivity index (χ3v) is 4.48. The maximum atomic E-state index is 11.9. The maximum absolute atomic E-state index is 11.9. The third kappa shape index (κ3) is 5.96. The molecule has 0 radical (unpaired) electrons. The maximum Gasteiger partial charge on any atom is 0.224 e. The molecule has 0 aliphatic heterocycles. The van der Waals surface area contributed by atoms with Gasteiger partial charge in [0.05, 0.1) is 6.42 Å². The molecule has 0 bridgehead atoms. The summed E-state index contributed by atoms with van der Waals surface area (Å²) >= 11 is 0. The van der Waals surface area contributed by atoms with Crippen LogP contribution in [0, 0.1) is 11.8 Å². The first-order chi connectivity index (χ1) is 9.67. The molecular weight excluding hydrogens is 284 g/mol. The summed E-state index contributed by atoms with van der Waals surface area (Å²) in [6, 6.07) is 7.52. The minimum absolute atomic E-state index is 0. The Kier molecular flexibility index (Phi) is 7.58. The van der Waals surface area contributed by atoms with Gasteiger partial charge in [0.15, 0.2) is 0 Å². The average molecular weight is 311 g/mol. The summed E-state index contributed by atoms with van der Waals surface area (Å²) in [6.07, 6.45) is 6.94. The van der Waals surface area contributed by atoms with Crippen molar-refractivity contribution >= 4 is 24.0 Å². The predicted molar refractivity (Wildman–Crippen MR) is 90.6 cm³/mol. The van der Waals surface area contributed by atoms with Crippen LogP contribution in [0.15, 0.2) is 24.3 Å². The second kappa shape index (κ2) is 8.93. The van der Waals surface area contributed by atoms with Crippen LogP contribution in [0.4, 0.5) is 5.69 Å². The van der Waals surface area contributed by atoms with Gasteiger partial charge in [-0.15, -0.1) is 12.4 Å². The van der Waals surface area contributed by atoms with E-state index in [-0.39, 0.29) is 18.3 Å². The number of hydrogen-bond acceptors (Lipinski definition) is 2. The molecule has 0 heterocycles. The Morgan fingerprint density at radius 3 is 2.29 bits per heavy atom.